The second kappa shape index (κ2) is 30.9. The van der Waals surface area contributed by atoms with Crippen LogP contribution in [0.25, 0.3) is 44.8 Å². The summed E-state index contributed by atoms with van der Waals surface area (Å²) in [5.41, 5.74) is 9.43. The van der Waals surface area contributed by atoms with Gasteiger partial charge in [-0.05, 0) is 133 Å². The van der Waals surface area contributed by atoms with Gasteiger partial charge in [0.1, 0.15) is 11.6 Å². The van der Waals surface area contributed by atoms with Crippen molar-refractivity contribution in [1.82, 2.24) is 9.13 Å². The third kappa shape index (κ3) is 17.4. The van der Waals surface area contributed by atoms with Gasteiger partial charge in [0, 0.05) is 71.8 Å². The standard InChI is InChI=1S/2C33H35FN2O5.Ca/c2*1-21(2)31-30(33(41)35-25-11-7-4-8-12-25)29(22-9-5-3-6-10-22)32(23-13-15-24(34)16-14-23)36(31)18-17-26(37)19-27(38)20-28(39)40;/h2*3-16,21,26-27,37-38H,17-20H2,1-2H3,(H,35,41)(H,39,40);/q;;+2/p-2. The zero-order chi connectivity index (χ0) is 59.0. The number of benzene rings is 6. The fraction of sp³-hybridized carbons (Fsp3) is 0.273. The number of amides is 2. The molecule has 0 radical (unpaired) electrons. The van der Waals surface area contributed by atoms with E-state index in [1.54, 1.807) is 48.5 Å². The molecule has 0 spiro atoms. The van der Waals surface area contributed by atoms with Crippen LogP contribution in [0.4, 0.5) is 20.2 Å². The minimum atomic E-state index is -1.39. The largest absolute Gasteiger partial charge is 2.00 e. The fourth-order valence-corrected chi connectivity index (χ4v) is 10.4. The van der Waals surface area contributed by atoms with Crippen LogP contribution in [0.3, 0.4) is 0 Å². The van der Waals surface area contributed by atoms with E-state index < -0.39 is 60.8 Å². The SMILES string of the molecule is CC(C)c1c(C(=O)Nc2ccccc2)c(-c2ccccc2)c(-c2ccc(F)cc2)n1CCC(O)CC(O)CC(=O)[O-].CC(C)c1c(C(=O)Nc2ccccc2)c(-c2ccccc2)c(-c2ccc(F)cc2)n1CCC(O)CC(O)CC(=O)[O-].[Ca+2]. The molecule has 0 fully saturated rings. The summed E-state index contributed by atoms with van der Waals surface area (Å²) >= 11 is 0. The van der Waals surface area contributed by atoms with E-state index in [1.165, 1.54) is 24.3 Å². The molecule has 0 saturated heterocycles. The number of carbonyl (C=O) groups is 4. The predicted molar refractivity (Wildman–Crippen MR) is 315 cm³/mol. The Morgan fingerprint density at radius 2 is 0.747 bits per heavy atom. The molecule has 83 heavy (non-hydrogen) atoms. The monoisotopic (exact) mass is 1150 g/mol. The number of carboxylic acid groups (broad SMARTS) is 2. The number of rotatable bonds is 24. The number of nitrogens with one attached hydrogen (secondary N) is 2. The van der Waals surface area contributed by atoms with Gasteiger partial charge in [0.15, 0.2) is 0 Å². The summed E-state index contributed by atoms with van der Waals surface area (Å²) in [7, 11) is 0. The van der Waals surface area contributed by atoms with Crippen molar-refractivity contribution in [2.75, 3.05) is 10.6 Å². The van der Waals surface area contributed by atoms with Gasteiger partial charge >= 0.3 is 37.7 Å². The van der Waals surface area contributed by atoms with Gasteiger partial charge in [0.05, 0.1) is 46.9 Å². The van der Waals surface area contributed by atoms with E-state index in [0.29, 0.717) is 56.1 Å². The van der Waals surface area contributed by atoms with Gasteiger partial charge in [0.2, 0.25) is 0 Å². The molecule has 428 valence electrons. The van der Waals surface area contributed by atoms with Crippen LogP contribution in [0, 0.1) is 11.6 Å². The van der Waals surface area contributed by atoms with Crippen LogP contribution in [-0.4, -0.2) is 115 Å². The quantitative estimate of drug-likeness (QED) is 0.0314. The summed E-state index contributed by atoms with van der Waals surface area (Å²) in [4.78, 5) is 49.8. The molecule has 2 heterocycles. The van der Waals surface area contributed by atoms with Crippen molar-refractivity contribution in [2.24, 2.45) is 0 Å². The van der Waals surface area contributed by atoms with Crippen LogP contribution in [0.2, 0.25) is 0 Å². The van der Waals surface area contributed by atoms with Crippen LogP contribution in [0.5, 0.6) is 0 Å². The Morgan fingerprint density at radius 3 is 1.04 bits per heavy atom. The third-order valence-electron chi connectivity index (χ3n) is 13.8. The molecule has 8 rings (SSSR count). The molecule has 0 aliphatic heterocycles. The topological polar surface area (TPSA) is 229 Å². The Morgan fingerprint density at radius 1 is 0.446 bits per heavy atom. The Balaban J connectivity index is 0.000000263. The number of hydrogen-bond acceptors (Lipinski definition) is 10. The van der Waals surface area contributed by atoms with Gasteiger partial charge in [-0.2, -0.15) is 0 Å². The van der Waals surface area contributed by atoms with Gasteiger partial charge in [-0.3, -0.25) is 9.59 Å². The van der Waals surface area contributed by atoms with Gasteiger partial charge in [-0.25, -0.2) is 8.78 Å². The average molecular weight is 1160 g/mol. The summed E-state index contributed by atoms with van der Waals surface area (Å²) in [5, 5.41) is 69.2. The van der Waals surface area contributed by atoms with E-state index in [1.807, 2.05) is 134 Å². The van der Waals surface area contributed by atoms with E-state index >= 15 is 0 Å². The first-order valence-corrected chi connectivity index (χ1v) is 27.3. The number of aliphatic hydroxyl groups excluding tert-OH is 4. The Labute approximate surface area is 512 Å². The molecule has 6 aromatic carbocycles. The van der Waals surface area contributed by atoms with Crippen LogP contribution >= 0.6 is 0 Å². The third-order valence-corrected chi connectivity index (χ3v) is 13.8. The zero-order valence-corrected chi connectivity index (χ0v) is 49.1. The number of halogens is 2. The first kappa shape index (κ1) is 64.9. The maximum atomic E-state index is 14.0. The molecule has 6 N–H and O–H groups in total. The maximum absolute atomic E-state index is 14.0. The summed E-state index contributed by atoms with van der Waals surface area (Å²) < 4.78 is 32.0. The number of anilines is 2. The minimum absolute atomic E-state index is 0. The summed E-state index contributed by atoms with van der Waals surface area (Å²) in [6.07, 6.45) is -5.54. The number of aliphatic hydroxyl groups is 4. The average Bonchev–Trinajstić information content (AvgIpc) is 3.14. The predicted octanol–water partition coefficient (Wildman–Crippen LogP) is 9.58. The number of nitrogens with zero attached hydrogens (tertiary/aromatic N) is 2. The van der Waals surface area contributed by atoms with Crippen molar-refractivity contribution in [1.29, 1.82) is 0 Å². The molecule has 4 unspecified atom stereocenters. The van der Waals surface area contributed by atoms with Gasteiger partial charge in [-0.1, -0.05) is 125 Å². The fourth-order valence-electron chi connectivity index (χ4n) is 10.4. The first-order chi connectivity index (χ1) is 39.3. The molecule has 2 amide bonds. The van der Waals surface area contributed by atoms with E-state index in [2.05, 4.69) is 10.6 Å². The van der Waals surface area contributed by atoms with Crippen LogP contribution in [0.1, 0.15) is 110 Å². The van der Waals surface area contributed by atoms with E-state index in [-0.39, 0.29) is 100 Å². The molecular formula is C66H68CaF2N4O10. The number of aliphatic carboxylic acids is 2. The van der Waals surface area contributed by atoms with Crippen molar-refractivity contribution >= 4 is 72.9 Å². The number of aromatic nitrogens is 2. The van der Waals surface area contributed by atoms with Crippen LogP contribution in [0.15, 0.2) is 170 Å². The van der Waals surface area contributed by atoms with Crippen molar-refractivity contribution in [2.45, 2.75) is 116 Å². The number of hydrogen-bond donors (Lipinski definition) is 6. The second-order valence-electron chi connectivity index (χ2n) is 20.8. The van der Waals surface area contributed by atoms with Crippen LogP contribution < -0.4 is 20.8 Å². The number of para-hydroxylation sites is 2. The van der Waals surface area contributed by atoms with Gasteiger partial charge < -0.3 is 60.0 Å². The van der Waals surface area contributed by atoms with Crippen molar-refractivity contribution in [3.05, 3.63) is 204 Å². The minimum Gasteiger partial charge on any atom is -0.550 e. The van der Waals surface area contributed by atoms with Gasteiger partial charge in [0.25, 0.3) is 11.8 Å². The van der Waals surface area contributed by atoms with E-state index in [4.69, 9.17) is 0 Å². The second-order valence-corrected chi connectivity index (χ2v) is 20.8. The molecular weight excluding hydrogens is 1090 g/mol. The summed E-state index contributed by atoms with van der Waals surface area (Å²) in [6.45, 7) is 8.45. The van der Waals surface area contributed by atoms with E-state index in [0.717, 1.165) is 22.5 Å². The molecule has 2 aromatic heterocycles. The number of carboxylic acids is 2. The van der Waals surface area contributed by atoms with Crippen molar-refractivity contribution in [3.8, 4) is 44.8 Å². The molecule has 14 nitrogen and oxygen atoms in total. The zero-order valence-electron chi connectivity index (χ0n) is 46.9. The maximum Gasteiger partial charge on any atom is 2.00 e. The molecule has 0 saturated carbocycles. The summed E-state index contributed by atoms with van der Waals surface area (Å²) in [5.74, 6) is -4.41. The Hall–Kier alpha value is -7.28. The molecule has 0 aliphatic carbocycles. The van der Waals surface area contributed by atoms with Gasteiger partial charge in [-0.15, -0.1) is 0 Å². The van der Waals surface area contributed by atoms with Crippen LogP contribution in [-0.2, 0) is 22.7 Å². The first-order valence-electron chi connectivity index (χ1n) is 27.3. The molecule has 0 aliphatic rings. The molecule has 17 heteroatoms. The summed E-state index contributed by atoms with van der Waals surface area (Å²) in [6, 6.07) is 49.4. The Bertz CT molecular complexity index is 3170. The number of carbonyl (C=O) groups excluding carboxylic acids is 4. The Kier molecular flexibility index (Phi) is 24.1. The molecule has 8 aromatic rings. The molecule has 4 atom stereocenters. The molecule has 0 bridgehead atoms. The smallest absolute Gasteiger partial charge is 0.550 e. The normalized spacial score (nSPS) is 12.6. The van der Waals surface area contributed by atoms with E-state index in [9.17, 15) is 58.6 Å². The van der Waals surface area contributed by atoms with Crippen molar-refractivity contribution in [3.63, 3.8) is 0 Å². The van der Waals surface area contributed by atoms with Crippen molar-refractivity contribution < 1.29 is 58.6 Å².